The molecule has 5 nitrogen and oxygen atoms in total. The molecule has 1 amide bonds. The second-order valence-corrected chi connectivity index (χ2v) is 6.50. The number of aromatic nitrogens is 1. The standard InChI is InChI=1S/C20H25N3O2/c24-19-17(11-8-12-21-19)20(25)22-15-18(16-9-4-3-5-10-16)23-13-6-1-2-7-14-23/h3-5,8-12,18H,1-2,6-7,13-15H2,(H,21,24)(H,22,25). The molecule has 0 bridgehead atoms. The lowest BCUT2D eigenvalue weighted by Crippen LogP contribution is -2.39. The van der Waals surface area contributed by atoms with Gasteiger partial charge in [-0.3, -0.25) is 14.5 Å². The van der Waals surface area contributed by atoms with Crippen LogP contribution < -0.4 is 10.9 Å². The van der Waals surface area contributed by atoms with Crippen molar-refractivity contribution in [3.63, 3.8) is 0 Å². The van der Waals surface area contributed by atoms with Gasteiger partial charge < -0.3 is 10.3 Å². The highest BCUT2D eigenvalue weighted by Crippen LogP contribution is 2.23. The molecule has 0 aliphatic carbocycles. The van der Waals surface area contributed by atoms with E-state index in [-0.39, 0.29) is 23.1 Å². The highest BCUT2D eigenvalue weighted by atomic mass is 16.2. The fourth-order valence-corrected chi connectivity index (χ4v) is 3.42. The van der Waals surface area contributed by atoms with Crippen molar-refractivity contribution >= 4 is 5.91 Å². The quantitative estimate of drug-likeness (QED) is 0.880. The maximum atomic E-state index is 12.4. The Morgan fingerprint density at radius 3 is 2.44 bits per heavy atom. The lowest BCUT2D eigenvalue weighted by molar-refractivity contribution is 0.0931. The topological polar surface area (TPSA) is 65.2 Å². The van der Waals surface area contributed by atoms with E-state index in [2.05, 4.69) is 27.3 Å². The zero-order valence-electron chi connectivity index (χ0n) is 14.4. The van der Waals surface area contributed by atoms with E-state index in [1.807, 2.05) is 18.2 Å². The van der Waals surface area contributed by atoms with Gasteiger partial charge in [0.1, 0.15) is 5.56 Å². The van der Waals surface area contributed by atoms with Gasteiger partial charge in [-0.1, -0.05) is 43.2 Å². The first-order chi connectivity index (χ1) is 12.3. The summed E-state index contributed by atoms with van der Waals surface area (Å²) in [4.78, 5) is 29.2. The maximum Gasteiger partial charge on any atom is 0.260 e. The van der Waals surface area contributed by atoms with Crippen LogP contribution in [0.2, 0.25) is 0 Å². The molecular formula is C20H25N3O2. The number of likely N-dealkylation sites (tertiary alicyclic amines) is 1. The zero-order chi connectivity index (χ0) is 17.5. The van der Waals surface area contributed by atoms with Crippen LogP contribution in [0.5, 0.6) is 0 Å². The van der Waals surface area contributed by atoms with Crippen molar-refractivity contribution in [2.75, 3.05) is 19.6 Å². The molecule has 1 unspecified atom stereocenters. The third-order valence-corrected chi connectivity index (χ3v) is 4.78. The molecule has 5 heteroatoms. The van der Waals surface area contributed by atoms with Crippen molar-refractivity contribution in [1.82, 2.24) is 15.2 Å². The summed E-state index contributed by atoms with van der Waals surface area (Å²) in [5, 5.41) is 2.96. The van der Waals surface area contributed by atoms with Crippen LogP contribution in [0.3, 0.4) is 0 Å². The van der Waals surface area contributed by atoms with Crippen LogP contribution in [0.4, 0.5) is 0 Å². The van der Waals surface area contributed by atoms with Crippen LogP contribution in [0.1, 0.15) is 47.6 Å². The Morgan fingerprint density at radius 2 is 1.76 bits per heavy atom. The Labute approximate surface area is 148 Å². The molecule has 1 atom stereocenters. The number of hydrogen-bond donors (Lipinski definition) is 2. The van der Waals surface area contributed by atoms with E-state index in [4.69, 9.17) is 0 Å². The molecule has 2 N–H and O–H groups in total. The van der Waals surface area contributed by atoms with Crippen LogP contribution in [-0.2, 0) is 0 Å². The van der Waals surface area contributed by atoms with Gasteiger partial charge in [0.15, 0.2) is 0 Å². The van der Waals surface area contributed by atoms with Gasteiger partial charge in [0.05, 0.1) is 6.04 Å². The molecule has 1 aliphatic rings. The molecular weight excluding hydrogens is 314 g/mol. The summed E-state index contributed by atoms with van der Waals surface area (Å²) in [5.74, 6) is -0.322. The highest BCUT2D eigenvalue weighted by molar-refractivity contribution is 5.93. The molecule has 1 saturated heterocycles. The minimum absolute atomic E-state index is 0.131. The van der Waals surface area contributed by atoms with Crippen LogP contribution in [0, 0.1) is 0 Å². The van der Waals surface area contributed by atoms with E-state index < -0.39 is 0 Å². The molecule has 3 rings (SSSR count). The normalized spacial score (nSPS) is 16.8. The van der Waals surface area contributed by atoms with E-state index in [9.17, 15) is 9.59 Å². The number of nitrogens with one attached hydrogen (secondary N) is 2. The molecule has 1 aromatic heterocycles. The number of pyridine rings is 1. The van der Waals surface area contributed by atoms with E-state index in [1.165, 1.54) is 37.4 Å². The van der Waals surface area contributed by atoms with Gasteiger partial charge in [0.25, 0.3) is 11.5 Å². The molecule has 0 saturated carbocycles. The van der Waals surface area contributed by atoms with Gasteiger partial charge in [-0.2, -0.15) is 0 Å². The second kappa shape index (κ2) is 8.62. The predicted molar refractivity (Wildman–Crippen MR) is 98.6 cm³/mol. The monoisotopic (exact) mass is 339 g/mol. The summed E-state index contributed by atoms with van der Waals surface area (Å²) >= 11 is 0. The Hall–Kier alpha value is -2.40. The average Bonchev–Trinajstić information content (AvgIpc) is 2.92. The molecule has 1 aromatic carbocycles. The van der Waals surface area contributed by atoms with Crippen molar-refractivity contribution in [2.24, 2.45) is 0 Å². The third-order valence-electron chi connectivity index (χ3n) is 4.78. The number of H-pyrrole nitrogens is 1. The molecule has 2 aromatic rings. The third kappa shape index (κ3) is 4.57. The smallest absolute Gasteiger partial charge is 0.260 e. The summed E-state index contributed by atoms with van der Waals surface area (Å²) in [5.41, 5.74) is 1.00. The number of aromatic amines is 1. The minimum Gasteiger partial charge on any atom is -0.350 e. The van der Waals surface area contributed by atoms with Crippen LogP contribution in [0.15, 0.2) is 53.5 Å². The van der Waals surface area contributed by atoms with Crippen LogP contribution >= 0.6 is 0 Å². The lowest BCUT2D eigenvalue weighted by atomic mass is 10.0. The van der Waals surface area contributed by atoms with Gasteiger partial charge in [-0.15, -0.1) is 0 Å². The number of nitrogens with zero attached hydrogens (tertiary/aromatic N) is 1. The van der Waals surface area contributed by atoms with Crippen LogP contribution in [-0.4, -0.2) is 35.4 Å². The highest BCUT2D eigenvalue weighted by Gasteiger charge is 2.22. The number of amides is 1. The molecule has 0 spiro atoms. The van der Waals surface area contributed by atoms with Gasteiger partial charge in [-0.05, 0) is 43.6 Å². The SMILES string of the molecule is O=C(NCC(c1ccccc1)N1CCCCCC1)c1ccc[nH]c1=O. The fraction of sp³-hybridized carbons (Fsp3) is 0.400. The molecule has 2 heterocycles. The first-order valence-corrected chi connectivity index (χ1v) is 9.00. The van der Waals surface area contributed by atoms with Gasteiger partial charge >= 0.3 is 0 Å². The Balaban J connectivity index is 1.74. The average molecular weight is 339 g/mol. The molecule has 0 radical (unpaired) electrons. The van der Waals surface area contributed by atoms with Crippen molar-refractivity contribution in [1.29, 1.82) is 0 Å². The number of rotatable bonds is 5. The van der Waals surface area contributed by atoms with Gasteiger partial charge in [0, 0.05) is 12.7 Å². The first-order valence-electron chi connectivity index (χ1n) is 9.00. The van der Waals surface area contributed by atoms with Gasteiger partial charge in [0.2, 0.25) is 0 Å². The Kier molecular flexibility index (Phi) is 6.01. The molecule has 1 aliphatic heterocycles. The zero-order valence-corrected chi connectivity index (χ0v) is 14.4. The number of hydrogen-bond acceptors (Lipinski definition) is 3. The maximum absolute atomic E-state index is 12.4. The van der Waals surface area contributed by atoms with E-state index in [0.29, 0.717) is 6.54 Å². The number of carbonyl (C=O) groups excluding carboxylic acids is 1. The van der Waals surface area contributed by atoms with Crippen molar-refractivity contribution in [3.8, 4) is 0 Å². The second-order valence-electron chi connectivity index (χ2n) is 6.50. The largest absolute Gasteiger partial charge is 0.350 e. The number of benzene rings is 1. The van der Waals surface area contributed by atoms with Crippen molar-refractivity contribution < 1.29 is 4.79 Å². The summed E-state index contributed by atoms with van der Waals surface area (Å²) in [6.45, 7) is 2.58. The Morgan fingerprint density at radius 1 is 1.04 bits per heavy atom. The fourth-order valence-electron chi connectivity index (χ4n) is 3.42. The number of carbonyl (C=O) groups is 1. The van der Waals surface area contributed by atoms with Crippen LogP contribution in [0.25, 0.3) is 0 Å². The first kappa shape index (κ1) is 17.4. The molecule has 25 heavy (non-hydrogen) atoms. The van der Waals surface area contributed by atoms with E-state index in [1.54, 1.807) is 12.1 Å². The molecule has 132 valence electrons. The molecule has 1 fully saturated rings. The Bertz CT molecular complexity index is 734. The summed E-state index contributed by atoms with van der Waals surface area (Å²) in [6, 6.07) is 13.6. The minimum atomic E-state index is -0.356. The summed E-state index contributed by atoms with van der Waals surface area (Å²) < 4.78 is 0. The van der Waals surface area contributed by atoms with Crippen molar-refractivity contribution in [2.45, 2.75) is 31.7 Å². The van der Waals surface area contributed by atoms with E-state index in [0.717, 1.165) is 13.1 Å². The lowest BCUT2D eigenvalue weighted by Gasteiger charge is -2.31. The van der Waals surface area contributed by atoms with Gasteiger partial charge in [-0.25, -0.2) is 0 Å². The van der Waals surface area contributed by atoms with Crippen molar-refractivity contribution in [3.05, 3.63) is 70.1 Å². The predicted octanol–water partition coefficient (Wildman–Crippen LogP) is 2.72. The summed E-state index contributed by atoms with van der Waals surface area (Å²) in [7, 11) is 0. The summed E-state index contributed by atoms with van der Waals surface area (Å²) in [6.07, 6.45) is 6.45. The van der Waals surface area contributed by atoms with E-state index >= 15 is 0 Å².